The highest BCUT2D eigenvalue weighted by Crippen LogP contribution is 2.21. The Balaban J connectivity index is 1.69. The summed E-state index contributed by atoms with van der Waals surface area (Å²) >= 11 is 6.09. The Hall–Kier alpha value is -3.83. The summed E-state index contributed by atoms with van der Waals surface area (Å²) in [6, 6.07) is 10.9. The molecule has 2 aromatic carbocycles. The van der Waals surface area contributed by atoms with Crippen LogP contribution in [0.2, 0.25) is 5.02 Å². The summed E-state index contributed by atoms with van der Waals surface area (Å²) in [7, 11) is 0. The Bertz CT molecular complexity index is 1430. The Morgan fingerprint density at radius 1 is 1.14 bits per heavy atom. The van der Waals surface area contributed by atoms with Crippen molar-refractivity contribution in [1.82, 2.24) is 19.5 Å². The van der Waals surface area contributed by atoms with E-state index in [2.05, 4.69) is 32.1 Å². The molecule has 35 heavy (non-hydrogen) atoms. The molecular formula is C26H22ClF2N5O. The lowest BCUT2D eigenvalue weighted by atomic mass is 10.1. The van der Waals surface area contributed by atoms with Crippen molar-refractivity contribution in [3.8, 4) is 11.8 Å². The van der Waals surface area contributed by atoms with Gasteiger partial charge in [0.25, 0.3) is 0 Å². The van der Waals surface area contributed by atoms with Crippen molar-refractivity contribution in [1.29, 1.82) is 0 Å². The highest BCUT2D eigenvalue weighted by Gasteiger charge is 2.14. The van der Waals surface area contributed by atoms with Crippen molar-refractivity contribution < 1.29 is 13.6 Å². The fraction of sp³-hybridized carbons (Fsp3) is 0.231. The molecule has 1 unspecified atom stereocenters. The van der Waals surface area contributed by atoms with Crippen LogP contribution in [-0.2, 0) is 17.9 Å². The van der Waals surface area contributed by atoms with E-state index in [1.807, 2.05) is 29.7 Å². The van der Waals surface area contributed by atoms with Crippen molar-refractivity contribution >= 4 is 34.9 Å². The SMILES string of the molecule is CCC(C=O)CCn1cnc2c(NCc3cccc(Cl)c3)nc(C#Cc3ccc(F)c(F)c3)nc21. The second kappa shape index (κ2) is 11.1. The number of carbonyl (C=O) groups excluding carboxylic acids is 1. The minimum atomic E-state index is -0.976. The Morgan fingerprint density at radius 3 is 2.74 bits per heavy atom. The number of nitrogens with one attached hydrogen (secondary N) is 1. The van der Waals surface area contributed by atoms with Crippen LogP contribution in [0, 0.1) is 29.4 Å². The van der Waals surface area contributed by atoms with Gasteiger partial charge in [0.05, 0.1) is 6.33 Å². The van der Waals surface area contributed by atoms with Gasteiger partial charge in [-0.05, 0) is 54.7 Å². The first-order chi connectivity index (χ1) is 17.0. The van der Waals surface area contributed by atoms with Crippen LogP contribution in [0.15, 0.2) is 48.8 Å². The third-order valence-electron chi connectivity index (χ3n) is 5.51. The molecule has 4 rings (SSSR count). The summed E-state index contributed by atoms with van der Waals surface area (Å²) in [5.74, 6) is 4.31. The fourth-order valence-electron chi connectivity index (χ4n) is 3.50. The molecule has 0 fully saturated rings. The van der Waals surface area contributed by atoms with Gasteiger partial charge in [-0.15, -0.1) is 0 Å². The third kappa shape index (κ3) is 6.00. The molecule has 0 bridgehead atoms. The normalized spacial score (nSPS) is 11.7. The zero-order valence-corrected chi connectivity index (χ0v) is 19.7. The van der Waals surface area contributed by atoms with E-state index >= 15 is 0 Å². The molecular weight excluding hydrogens is 472 g/mol. The van der Waals surface area contributed by atoms with Crippen LogP contribution in [0.25, 0.3) is 11.2 Å². The average molecular weight is 494 g/mol. The molecule has 0 radical (unpaired) electrons. The first-order valence-corrected chi connectivity index (χ1v) is 11.5. The molecule has 1 atom stereocenters. The molecule has 178 valence electrons. The molecule has 0 aliphatic heterocycles. The quantitative estimate of drug-likeness (QED) is 0.263. The predicted molar refractivity (Wildman–Crippen MR) is 131 cm³/mol. The van der Waals surface area contributed by atoms with E-state index in [4.69, 9.17) is 11.6 Å². The molecule has 0 aliphatic carbocycles. The number of aldehydes is 1. The maximum atomic E-state index is 13.6. The number of imidazole rings is 1. The van der Waals surface area contributed by atoms with Crippen LogP contribution < -0.4 is 5.32 Å². The number of carbonyl (C=O) groups is 1. The van der Waals surface area contributed by atoms with E-state index in [1.54, 1.807) is 12.4 Å². The van der Waals surface area contributed by atoms with Gasteiger partial charge in [-0.2, -0.15) is 0 Å². The van der Waals surface area contributed by atoms with Crippen molar-refractivity contribution in [2.24, 2.45) is 5.92 Å². The zero-order valence-electron chi connectivity index (χ0n) is 18.9. The Morgan fingerprint density at radius 2 is 2.00 bits per heavy atom. The highest BCUT2D eigenvalue weighted by molar-refractivity contribution is 6.30. The largest absolute Gasteiger partial charge is 0.364 e. The van der Waals surface area contributed by atoms with E-state index in [-0.39, 0.29) is 11.7 Å². The number of benzene rings is 2. The molecule has 6 nitrogen and oxygen atoms in total. The number of hydrogen-bond donors (Lipinski definition) is 1. The lowest BCUT2D eigenvalue weighted by molar-refractivity contribution is -0.111. The number of hydrogen-bond acceptors (Lipinski definition) is 5. The van der Waals surface area contributed by atoms with E-state index < -0.39 is 11.6 Å². The van der Waals surface area contributed by atoms with Gasteiger partial charge in [0.15, 0.2) is 28.6 Å². The number of aryl methyl sites for hydroxylation is 1. The lowest BCUT2D eigenvalue weighted by Crippen LogP contribution is -2.08. The van der Waals surface area contributed by atoms with Crippen molar-refractivity contribution in [2.75, 3.05) is 5.32 Å². The van der Waals surface area contributed by atoms with Gasteiger partial charge in [0.1, 0.15) is 6.29 Å². The summed E-state index contributed by atoms with van der Waals surface area (Å²) < 4.78 is 28.6. The van der Waals surface area contributed by atoms with E-state index in [0.29, 0.717) is 47.1 Å². The number of halogens is 3. The van der Waals surface area contributed by atoms with E-state index in [0.717, 1.165) is 30.4 Å². The number of nitrogens with zero attached hydrogens (tertiary/aromatic N) is 4. The van der Waals surface area contributed by atoms with Crippen LogP contribution >= 0.6 is 11.6 Å². The topological polar surface area (TPSA) is 72.7 Å². The van der Waals surface area contributed by atoms with Crippen LogP contribution in [-0.4, -0.2) is 25.8 Å². The first-order valence-electron chi connectivity index (χ1n) is 11.1. The van der Waals surface area contributed by atoms with Crippen LogP contribution in [0.5, 0.6) is 0 Å². The summed E-state index contributed by atoms with van der Waals surface area (Å²) in [5, 5.41) is 3.89. The van der Waals surface area contributed by atoms with Crippen LogP contribution in [0.4, 0.5) is 14.6 Å². The maximum absolute atomic E-state index is 13.6. The van der Waals surface area contributed by atoms with Crippen molar-refractivity contribution in [3.05, 3.63) is 82.4 Å². The van der Waals surface area contributed by atoms with E-state index in [1.165, 1.54) is 6.07 Å². The predicted octanol–water partition coefficient (Wildman–Crippen LogP) is 5.39. The van der Waals surface area contributed by atoms with Gasteiger partial charge in [0, 0.05) is 29.6 Å². The zero-order chi connectivity index (χ0) is 24.8. The Labute approximate surface area is 206 Å². The maximum Gasteiger partial charge on any atom is 0.209 e. The monoisotopic (exact) mass is 493 g/mol. The second-order valence-corrected chi connectivity index (χ2v) is 8.40. The average Bonchev–Trinajstić information content (AvgIpc) is 3.27. The van der Waals surface area contributed by atoms with Crippen LogP contribution in [0.3, 0.4) is 0 Å². The van der Waals surface area contributed by atoms with Crippen LogP contribution in [0.1, 0.15) is 36.7 Å². The Kier molecular flexibility index (Phi) is 7.68. The number of fused-ring (bicyclic) bond motifs is 1. The molecule has 0 saturated heterocycles. The molecule has 9 heteroatoms. The molecule has 0 spiro atoms. The summed E-state index contributed by atoms with van der Waals surface area (Å²) in [6.45, 7) is 2.96. The minimum absolute atomic E-state index is 0.0534. The molecule has 4 aromatic rings. The molecule has 1 N–H and O–H groups in total. The van der Waals surface area contributed by atoms with Gasteiger partial charge in [-0.25, -0.2) is 23.7 Å². The standard InChI is InChI=1S/C26H22ClF2N5O/c1-2-17(15-35)10-11-34-16-31-24-25(30-14-19-4-3-5-20(27)12-19)32-23(33-26(24)34)9-7-18-6-8-21(28)22(29)13-18/h3-6,8,12-13,15-17H,2,10-11,14H2,1H3,(H,30,32,33). The van der Waals surface area contributed by atoms with Gasteiger partial charge < -0.3 is 14.7 Å². The van der Waals surface area contributed by atoms with Crippen molar-refractivity contribution in [2.45, 2.75) is 32.9 Å². The summed E-state index contributed by atoms with van der Waals surface area (Å²) in [6.07, 6.45) is 4.03. The van der Waals surface area contributed by atoms with Gasteiger partial charge in [-0.3, -0.25) is 0 Å². The highest BCUT2D eigenvalue weighted by atomic mass is 35.5. The van der Waals surface area contributed by atoms with Gasteiger partial charge in [-0.1, -0.05) is 36.6 Å². The number of rotatable bonds is 8. The lowest BCUT2D eigenvalue weighted by Gasteiger charge is -2.10. The number of aromatic nitrogens is 4. The van der Waals surface area contributed by atoms with E-state index in [9.17, 15) is 13.6 Å². The molecule has 0 amide bonds. The molecule has 0 saturated carbocycles. The summed E-state index contributed by atoms with van der Waals surface area (Å²) in [5.41, 5.74) is 2.37. The first kappa shape index (κ1) is 24.3. The minimum Gasteiger partial charge on any atom is -0.364 e. The molecule has 0 aliphatic rings. The molecule has 2 aromatic heterocycles. The van der Waals surface area contributed by atoms with Gasteiger partial charge >= 0.3 is 0 Å². The summed E-state index contributed by atoms with van der Waals surface area (Å²) in [4.78, 5) is 24.8. The smallest absolute Gasteiger partial charge is 0.209 e. The third-order valence-corrected chi connectivity index (χ3v) is 5.74. The second-order valence-electron chi connectivity index (χ2n) is 7.96. The molecule has 2 heterocycles. The van der Waals surface area contributed by atoms with Gasteiger partial charge in [0.2, 0.25) is 5.82 Å². The van der Waals surface area contributed by atoms with Crippen molar-refractivity contribution in [3.63, 3.8) is 0 Å². The number of anilines is 1. The fourth-order valence-corrected chi connectivity index (χ4v) is 3.71.